The van der Waals surface area contributed by atoms with Gasteiger partial charge in [-0.1, -0.05) is 39.8 Å². The van der Waals surface area contributed by atoms with Crippen LogP contribution in [-0.2, 0) is 0 Å². The Hall–Kier alpha value is -1.57. The predicted octanol–water partition coefficient (Wildman–Crippen LogP) is 3.94. The van der Waals surface area contributed by atoms with Gasteiger partial charge in [0.15, 0.2) is 5.43 Å². The highest BCUT2D eigenvalue weighted by Gasteiger charge is 2.06. The zero-order valence-corrected chi connectivity index (χ0v) is 10.3. The summed E-state index contributed by atoms with van der Waals surface area (Å²) in [7, 11) is 0. The highest BCUT2D eigenvalue weighted by molar-refractivity contribution is 5.76. The molecule has 0 aliphatic rings. The van der Waals surface area contributed by atoms with E-state index in [0.29, 0.717) is 11.0 Å². The first kappa shape index (κ1) is 12.5. The summed E-state index contributed by atoms with van der Waals surface area (Å²) in [5, 5.41) is 0.650. The number of rotatable bonds is 1. The molecular formula is C14H18O2. The maximum absolute atomic E-state index is 11.6. The molecule has 1 aromatic carbocycles. The van der Waals surface area contributed by atoms with Crippen LogP contribution in [0.5, 0.6) is 0 Å². The van der Waals surface area contributed by atoms with Gasteiger partial charge in [-0.15, -0.1) is 0 Å². The lowest BCUT2D eigenvalue weighted by atomic mass is 10.1. The van der Waals surface area contributed by atoms with E-state index in [2.05, 4.69) is 0 Å². The third kappa shape index (κ3) is 2.51. The van der Waals surface area contributed by atoms with Crippen molar-refractivity contribution < 1.29 is 4.42 Å². The van der Waals surface area contributed by atoms with Crippen LogP contribution in [0, 0.1) is 0 Å². The van der Waals surface area contributed by atoms with E-state index < -0.39 is 0 Å². The molecule has 0 atom stereocenters. The summed E-state index contributed by atoms with van der Waals surface area (Å²) in [5.41, 5.74) is 0.708. The van der Waals surface area contributed by atoms with Gasteiger partial charge in [0.25, 0.3) is 0 Å². The Morgan fingerprint density at radius 2 is 1.75 bits per heavy atom. The SMILES string of the molecule is CC.CC(C)c1cc(=O)c2ccccc2o1. The van der Waals surface area contributed by atoms with Crippen LogP contribution in [0.4, 0.5) is 0 Å². The molecule has 86 valence electrons. The minimum Gasteiger partial charge on any atom is -0.461 e. The molecule has 2 nitrogen and oxygen atoms in total. The number of hydrogen-bond donors (Lipinski definition) is 0. The molecule has 2 heteroatoms. The first-order chi connectivity index (χ1) is 7.68. The molecule has 0 aliphatic carbocycles. The van der Waals surface area contributed by atoms with Gasteiger partial charge < -0.3 is 4.42 Å². The molecule has 0 saturated carbocycles. The van der Waals surface area contributed by atoms with Crippen molar-refractivity contribution in [1.82, 2.24) is 0 Å². The Labute approximate surface area is 95.9 Å². The Morgan fingerprint density at radius 1 is 1.12 bits per heavy atom. The molecule has 0 aliphatic heterocycles. The summed E-state index contributed by atoms with van der Waals surface area (Å²) < 4.78 is 5.60. The Morgan fingerprint density at radius 3 is 2.38 bits per heavy atom. The van der Waals surface area contributed by atoms with Gasteiger partial charge in [-0.05, 0) is 12.1 Å². The summed E-state index contributed by atoms with van der Waals surface area (Å²) in [4.78, 5) is 11.6. The van der Waals surface area contributed by atoms with Gasteiger partial charge in [-0.25, -0.2) is 0 Å². The minimum atomic E-state index is 0.0375. The molecular weight excluding hydrogens is 200 g/mol. The van der Waals surface area contributed by atoms with Gasteiger partial charge in [-0.3, -0.25) is 4.79 Å². The van der Waals surface area contributed by atoms with Crippen molar-refractivity contribution in [3.05, 3.63) is 46.3 Å². The summed E-state index contributed by atoms with van der Waals surface area (Å²) >= 11 is 0. The van der Waals surface area contributed by atoms with Gasteiger partial charge in [0.05, 0.1) is 5.39 Å². The molecule has 0 unspecified atom stereocenters. The lowest BCUT2D eigenvalue weighted by Crippen LogP contribution is -2.02. The van der Waals surface area contributed by atoms with Crippen LogP contribution in [0.15, 0.2) is 39.5 Å². The molecule has 0 fully saturated rings. The molecule has 16 heavy (non-hydrogen) atoms. The van der Waals surface area contributed by atoms with E-state index in [9.17, 15) is 4.79 Å². The maximum atomic E-state index is 11.6. The molecule has 2 rings (SSSR count). The third-order valence-electron chi connectivity index (χ3n) is 2.22. The first-order valence-corrected chi connectivity index (χ1v) is 5.71. The number of para-hydroxylation sites is 1. The van der Waals surface area contributed by atoms with Crippen LogP contribution in [0.25, 0.3) is 11.0 Å². The highest BCUT2D eigenvalue weighted by Crippen LogP contribution is 2.17. The third-order valence-corrected chi connectivity index (χ3v) is 2.22. The summed E-state index contributed by atoms with van der Waals surface area (Å²) in [6, 6.07) is 8.89. The topological polar surface area (TPSA) is 30.2 Å². The Bertz CT molecular complexity index is 509. The largest absolute Gasteiger partial charge is 0.461 e. The fourth-order valence-corrected chi connectivity index (χ4v) is 1.41. The quantitative estimate of drug-likeness (QED) is 0.725. The standard InChI is InChI=1S/C12H12O2.C2H6/c1-8(2)12-7-10(13)9-5-3-4-6-11(9)14-12;1-2/h3-8H,1-2H3;1-2H3. The van der Waals surface area contributed by atoms with Crippen molar-refractivity contribution in [2.24, 2.45) is 0 Å². The van der Waals surface area contributed by atoms with Crippen LogP contribution >= 0.6 is 0 Å². The van der Waals surface area contributed by atoms with Gasteiger partial charge in [-0.2, -0.15) is 0 Å². The van der Waals surface area contributed by atoms with Gasteiger partial charge in [0.1, 0.15) is 11.3 Å². The molecule has 1 aromatic heterocycles. The van der Waals surface area contributed by atoms with E-state index >= 15 is 0 Å². The maximum Gasteiger partial charge on any atom is 0.192 e. The summed E-state index contributed by atoms with van der Waals surface area (Å²) in [6.07, 6.45) is 0. The fraction of sp³-hybridized carbons (Fsp3) is 0.357. The molecule has 2 aromatic rings. The number of benzene rings is 1. The van der Waals surface area contributed by atoms with Gasteiger partial charge >= 0.3 is 0 Å². The molecule has 0 saturated heterocycles. The molecule has 0 amide bonds. The fourth-order valence-electron chi connectivity index (χ4n) is 1.41. The lowest BCUT2D eigenvalue weighted by molar-refractivity contribution is 0.509. The van der Waals surface area contributed by atoms with Crippen molar-refractivity contribution in [2.45, 2.75) is 33.6 Å². The summed E-state index contributed by atoms with van der Waals surface area (Å²) in [5.74, 6) is 0.987. The van der Waals surface area contributed by atoms with Crippen LogP contribution in [0.2, 0.25) is 0 Å². The Balaban J connectivity index is 0.000000606. The number of fused-ring (bicyclic) bond motifs is 1. The van der Waals surface area contributed by atoms with E-state index in [1.165, 1.54) is 0 Å². The van der Waals surface area contributed by atoms with E-state index in [0.717, 1.165) is 5.76 Å². The second-order valence-electron chi connectivity index (χ2n) is 3.66. The van der Waals surface area contributed by atoms with Crippen LogP contribution < -0.4 is 5.43 Å². The van der Waals surface area contributed by atoms with E-state index in [4.69, 9.17) is 4.42 Å². The zero-order valence-electron chi connectivity index (χ0n) is 10.3. The first-order valence-electron chi connectivity index (χ1n) is 5.71. The van der Waals surface area contributed by atoms with Crippen molar-refractivity contribution in [1.29, 1.82) is 0 Å². The van der Waals surface area contributed by atoms with Crippen LogP contribution in [0.1, 0.15) is 39.4 Å². The molecule has 0 spiro atoms. The highest BCUT2D eigenvalue weighted by atomic mass is 16.3. The monoisotopic (exact) mass is 218 g/mol. The average molecular weight is 218 g/mol. The Kier molecular flexibility index (Phi) is 4.29. The van der Waals surface area contributed by atoms with Crippen molar-refractivity contribution in [2.75, 3.05) is 0 Å². The van der Waals surface area contributed by atoms with E-state index in [-0.39, 0.29) is 11.3 Å². The van der Waals surface area contributed by atoms with Crippen molar-refractivity contribution in [3.8, 4) is 0 Å². The van der Waals surface area contributed by atoms with E-state index in [1.54, 1.807) is 12.1 Å². The lowest BCUT2D eigenvalue weighted by Gasteiger charge is -2.04. The van der Waals surface area contributed by atoms with Gasteiger partial charge in [0.2, 0.25) is 0 Å². The van der Waals surface area contributed by atoms with E-state index in [1.807, 2.05) is 45.9 Å². The molecule has 0 radical (unpaired) electrons. The molecule has 1 heterocycles. The second-order valence-corrected chi connectivity index (χ2v) is 3.66. The minimum absolute atomic E-state index is 0.0375. The van der Waals surface area contributed by atoms with Gasteiger partial charge in [0, 0.05) is 12.0 Å². The van der Waals surface area contributed by atoms with Crippen LogP contribution in [-0.4, -0.2) is 0 Å². The average Bonchev–Trinajstić information content (AvgIpc) is 2.31. The molecule has 0 N–H and O–H groups in total. The number of hydrogen-bond acceptors (Lipinski definition) is 2. The zero-order chi connectivity index (χ0) is 12.1. The van der Waals surface area contributed by atoms with Crippen molar-refractivity contribution >= 4 is 11.0 Å². The summed E-state index contributed by atoms with van der Waals surface area (Å²) in [6.45, 7) is 8.01. The smallest absolute Gasteiger partial charge is 0.192 e. The van der Waals surface area contributed by atoms with Crippen molar-refractivity contribution in [3.63, 3.8) is 0 Å². The molecule has 0 bridgehead atoms. The second kappa shape index (κ2) is 5.50. The van der Waals surface area contributed by atoms with Crippen LogP contribution in [0.3, 0.4) is 0 Å². The predicted molar refractivity (Wildman–Crippen MR) is 67.9 cm³/mol. The normalized spacial score (nSPS) is 10.1.